The number of rotatable bonds is 1. The summed E-state index contributed by atoms with van der Waals surface area (Å²) in [6, 6.07) is -0.218. The van der Waals surface area contributed by atoms with Crippen LogP contribution in [-0.4, -0.2) is 36.5 Å². The Morgan fingerprint density at radius 2 is 2.44 bits per heavy atom. The van der Waals surface area contributed by atoms with Crippen LogP contribution >= 0.6 is 0 Å². The van der Waals surface area contributed by atoms with Crippen molar-refractivity contribution in [2.75, 3.05) is 6.54 Å². The maximum absolute atomic E-state index is 10.4. The fraction of sp³-hybridized carbons (Fsp3) is 0.800. The van der Waals surface area contributed by atoms with E-state index < -0.39 is 5.97 Å². The molecule has 0 bridgehead atoms. The lowest BCUT2D eigenvalue weighted by Crippen LogP contribution is -2.33. The van der Waals surface area contributed by atoms with Gasteiger partial charge in [-0.2, -0.15) is 0 Å². The average molecular weight is 127 g/mol. The zero-order valence-corrected chi connectivity index (χ0v) is 5.50. The Hall–Kier alpha value is -0.505. The minimum atomic E-state index is -0.685. The Labute approximate surface area is 55.1 Å². The van der Waals surface area contributed by atoms with Gasteiger partial charge in [-0.3, -0.25) is 4.79 Å². The fourth-order valence-electron chi connectivity index (χ4n) is 1.22. The molecule has 4 heteroatoms. The zero-order valence-electron chi connectivity index (χ0n) is 5.50. The first-order valence-corrected chi connectivity index (χ1v) is 3.15. The highest BCUT2D eigenvalue weighted by molar-refractivity contribution is 6.06. The van der Waals surface area contributed by atoms with E-state index in [9.17, 15) is 4.79 Å². The number of hydrogen-bond acceptors (Lipinski definition) is 2. The third-order valence-corrected chi connectivity index (χ3v) is 1.81. The molecular weight excluding hydrogens is 117 g/mol. The third-order valence-electron chi connectivity index (χ3n) is 1.81. The minimum Gasteiger partial charge on any atom is -0.480 e. The molecule has 1 heterocycles. The van der Waals surface area contributed by atoms with Gasteiger partial charge in [0.15, 0.2) is 7.98 Å². The Morgan fingerprint density at radius 1 is 1.78 bits per heavy atom. The van der Waals surface area contributed by atoms with Gasteiger partial charge >= 0.3 is 5.97 Å². The summed E-state index contributed by atoms with van der Waals surface area (Å²) >= 11 is 0. The molecule has 0 spiro atoms. The van der Waals surface area contributed by atoms with Crippen LogP contribution < -0.4 is 0 Å². The lowest BCUT2D eigenvalue weighted by molar-refractivity contribution is -0.140. The normalized spacial score (nSPS) is 28.7. The second-order valence-electron chi connectivity index (χ2n) is 2.48. The summed E-state index contributed by atoms with van der Waals surface area (Å²) in [5.74, 6) is -0.685. The molecule has 0 aromatic rings. The van der Waals surface area contributed by atoms with E-state index in [-0.39, 0.29) is 6.04 Å². The van der Waals surface area contributed by atoms with Gasteiger partial charge in [-0.25, -0.2) is 0 Å². The van der Waals surface area contributed by atoms with Crippen molar-refractivity contribution >= 4 is 14.0 Å². The molecule has 0 aromatic carbocycles. The van der Waals surface area contributed by atoms with Gasteiger partial charge in [0.2, 0.25) is 0 Å². The molecule has 0 aromatic heterocycles. The number of hydrogen-bond donors (Lipinski definition) is 1. The van der Waals surface area contributed by atoms with Crippen molar-refractivity contribution in [3.05, 3.63) is 0 Å². The SMILES string of the molecule is BN1CCCC1C(=O)O. The van der Waals surface area contributed by atoms with Crippen LogP contribution in [0.15, 0.2) is 0 Å². The van der Waals surface area contributed by atoms with Crippen LogP contribution in [-0.2, 0) is 4.79 Å². The summed E-state index contributed by atoms with van der Waals surface area (Å²) < 4.78 is 0. The van der Waals surface area contributed by atoms with E-state index in [2.05, 4.69) is 0 Å². The Bertz CT molecular complexity index is 128. The molecule has 9 heavy (non-hydrogen) atoms. The van der Waals surface area contributed by atoms with Gasteiger partial charge in [0.1, 0.15) is 0 Å². The van der Waals surface area contributed by atoms with Crippen LogP contribution in [0.25, 0.3) is 0 Å². The molecule has 0 amide bonds. The highest BCUT2D eigenvalue weighted by atomic mass is 16.4. The monoisotopic (exact) mass is 127 g/mol. The highest BCUT2D eigenvalue weighted by Crippen LogP contribution is 2.13. The molecule has 0 radical (unpaired) electrons. The standard InChI is InChI=1S/C5H10BNO2/c6-7-3-1-2-4(7)5(8)9/h4H,1-3,6H2,(H,8,9). The second kappa shape index (κ2) is 2.39. The summed E-state index contributed by atoms with van der Waals surface area (Å²) in [7, 11) is 1.85. The van der Waals surface area contributed by atoms with Crippen molar-refractivity contribution in [1.29, 1.82) is 0 Å². The Kier molecular flexibility index (Phi) is 1.76. The van der Waals surface area contributed by atoms with Gasteiger partial charge < -0.3 is 9.92 Å². The van der Waals surface area contributed by atoms with E-state index in [0.717, 1.165) is 19.4 Å². The molecule has 1 rings (SSSR count). The van der Waals surface area contributed by atoms with Gasteiger partial charge in [-0.05, 0) is 19.4 Å². The number of carboxylic acid groups (broad SMARTS) is 1. The molecule has 1 unspecified atom stereocenters. The van der Waals surface area contributed by atoms with E-state index in [4.69, 9.17) is 5.11 Å². The molecule has 1 aliphatic rings. The maximum atomic E-state index is 10.4. The van der Waals surface area contributed by atoms with E-state index in [1.54, 1.807) is 0 Å². The van der Waals surface area contributed by atoms with Crippen LogP contribution in [0.1, 0.15) is 12.8 Å². The molecule has 3 nitrogen and oxygen atoms in total. The number of carbonyl (C=O) groups is 1. The van der Waals surface area contributed by atoms with Crippen LogP contribution in [0.3, 0.4) is 0 Å². The lowest BCUT2D eigenvalue weighted by atomic mass is 10.2. The predicted octanol–water partition coefficient (Wildman–Crippen LogP) is -0.917. The van der Waals surface area contributed by atoms with Gasteiger partial charge in [0.25, 0.3) is 0 Å². The van der Waals surface area contributed by atoms with Crippen molar-refractivity contribution in [1.82, 2.24) is 4.81 Å². The van der Waals surface area contributed by atoms with Crippen LogP contribution in [0.5, 0.6) is 0 Å². The van der Waals surface area contributed by atoms with Gasteiger partial charge in [-0.15, -0.1) is 0 Å². The molecule has 0 aliphatic carbocycles. The highest BCUT2D eigenvalue weighted by Gasteiger charge is 2.26. The van der Waals surface area contributed by atoms with Crippen molar-refractivity contribution in [3.8, 4) is 0 Å². The maximum Gasteiger partial charge on any atom is 0.319 e. The summed E-state index contributed by atoms with van der Waals surface area (Å²) in [6.07, 6.45) is 1.83. The molecule has 1 atom stereocenters. The Morgan fingerprint density at radius 3 is 2.67 bits per heavy atom. The number of carboxylic acids is 1. The van der Waals surface area contributed by atoms with E-state index >= 15 is 0 Å². The van der Waals surface area contributed by atoms with Crippen molar-refractivity contribution in [2.24, 2.45) is 0 Å². The van der Waals surface area contributed by atoms with Gasteiger partial charge in [-0.1, -0.05) is 0 Å². The number of aliphatic carboxylic acids is 1. The van der Waals surface area contributed by atoms with Crippen molar-refractivity contribution in [3.63, 3.8) is 0 Å². The summed E-state index contributed by atoms with van der Waals surface area (Å²) in [6.45, 7) is 0.928. The van der Waals surface area contributed by atoms with Crippen LogP contribution in [0.4, 0.5) is 0 Å². The van der Waals surface area contributed by atoms with E-state index in [1.807, 2.05) is 12.8 Å². The quantitative estimate of drug-likeness (QED) is 0.463. The summed E-state index contributed by atoms with van der Waals surface area (Å²) in [4.78, 5) is 12.2. The van der Waals surface area contributed by atoms with Gasteiger partial charge in [0, 0.05) is 0 Å². The average Bonchev–Trinajstić information content (AvgIpc) is 2.13. The first-order valence-electron chi connectivity index (χ1n) is 3.15. The molecule has 1 saturated heterocycles. The smallest absolute Gasteiger partial charge is 0.319 e. The predicted molar refractivity (Wildman–Crippen MR) is 35.9 cm³/mol. The minimum absolute atomic E-state index is 0.218. The molecule has 0 saturated carbocycles. The van der Waals surface area contributed by atoms with Crippen LogP contribution in [0.2, 0.25) is 0 Å². The van der Waals surface area contributed by atoms with Crippen molar-refractivity contribution in [2.45, 2.75) is 18.9 Å². The summed E-state index contributed by atoms with van der Waals surface area (Å²) in [5, 5.41) is 8.54. The molecule has 1 N–H and O–H groups in total. The van der Waals surface area contributed by atoms with Crippen LogP contribution in [0, 0.1) is 0 Å². The first-order chi connectivity index (χ1) is 4.22. The largest absolute Gasteiger partial charge is 0.480 e. The molecule has 1 aliphatic heterocycles. The lowest BCUT2D eigenvalue weighted by Gasteiger charge is -2.13. The third kappa shape index (κ3) is 1.24. The van der Waals surface area contributed by atoms with E-state index in [0.29, 0.717) is 0 Å². The van der Waals surface area contributed by atoms with Gasteiger partial charge in [0.05, 0.1) is 6.04 Å². The fourth-order valence-corrected chi connectivity index (χ4v) is 1.22. The zero-order chi connectivity index (χ0) is 6.85. The topological polar surface area (TPSA) is 40.5 Å². The Balaban J connectivity index is 2.49. The second-order valence-corrected chi connectivity index (χ2v) is 2.48. The molecular formula is C5H10BNO2. The van der Waals surface area contributed by atoms with Crippen molar-refractivity contribution < 1.29 is 9.90 Å². The first kappa shape index (κ1) is 6.61. The van der Waals surface area contributed by atoms with E-state index in [1.165, 1.54) is 0 Å². The molecule has 50 valence electrons. The number of nitrogens with zero attached hydrogens (tertiary/aromatic N) is 1. The summed E-state index contributed by atoms with van der Waals surface area (Å²) in [5.41, 5.74) is 0. The molecule has 1 fully saturated rings.